The number of carbonyl (C=O) groups excluding carboxylic acids is 3. The van der Waals surface area contributed by atoms with Gasteiger partial charge in [-0.3, -0.25) is 9.59 Å². The molecule has 1 aliphatic heterocycles. The second-order valence-electron chi connectivity index (χ2n) is 9.19. The number of amides is 1. The van der Waals surface area contributed by atoms with Crippen LogP contribution in [0, 0.1) is 13.8 Å². The summed E-state index contributed by atoms with van der Waals surface area (Å²) in [5.41, 5.74) is 3.33. The van der Waals surface area contributed by atoms with E-state index in [4.69, 9.17) is 4.74 Å². The number of rotatable bonds is 7. The minimum Gasteiger partial charge on any atom is -0.505 e. The van der Waals surface area contributed by atoms with E-state index in [-0.39, 0.29) is 23.6 Å². The zero-order chi connectivity index (χ0) is 27.0. The first-order chi connectivity index (χ1) is 18.3. The van der Waals surface area contributed by atoms with Crippen molar-refractivity contribution in [3.05, 3.63) is 95.0 Å². The van der Waals surface area contributed by atoms with Gasteiger partial charge in [0.1, 0.15) is 11.3 Å². The molecule has 0 bridgehead atoms. The highest BCUT2D eigenvalue weighted by atomic mass is 16.5. The van der Waals surface area contributed by atoms with Gasteiger partial charge in [0, 0.05) is 31.7 Å². The molecule has 194 valence electrons. The lowest BCUT2D eigenvalue weighted by Crippen LogP contribution is -2.31. The Hall–Kier alpha value is -4.73. The Labute approximate surface area is 218 Å². The fraction of sp³-hybridized carbons (Fsp3) is 0.250. The Bertz CT molecular complexity index is 1570. The van der Waals surface area contributed by atoms with Crippen LogP contribution in [0.4, 0.5) is 0 Å². The summed E-state index contributed by atoms with van der Waals surface area (Å²) >= 11 is 0. The molecule has 1 atom stereocenters. The number of methoxy groups -OCH3 is 1. The minimum atomic E-state index is -0.852. The van der Waals surface area contributed by atoms with Crippen molar-refractivity contribution in [2.24, 2.45) is 0 Å². The van der Waals surface area contributed by atoms with Gasteiger partial charge in [0.05, 0.1) is 36.3 Å². The number of ether oxygens (including phenoxy) is 1. The third-order valence-corrected chi connectivity index (χ3v) is 6.87. The van der Waals surface area contributed by atoms with Gasteiger partial charge < -0.3 is 23.7 Å². The summed E-state index contributed by atoms with van der Waals surface area (Å²) in [4.78, 5) is 48.7. The van der Waals surface area contributed by atoms with Crippen LogP contribution in [0.2, 0.25) is 0 Å². The van der Waals surface area contributed by atoms with Crippen LogP contribution in [0.15, 0.2) is 66.9 Å². The molecule has 4 aromatic rings. The Balaban J connectivity index is 1.60. The maximum absolute atomic E-state index is 13.4. The van der Waals surface area contributed by atoms with Crippen LogP contribution in [0.5, 0.6) is 0 Å². The average molecular weight is 514 g/mol. The summed E-state index contributed by atoms with van der Waals surface area (Å²) in [5, 5.41) is 11.5. The number of pyridine rings is 1. The lowest BCUT2D eigenvalue weighted by Gasteiger charge is -2.25. The number of benzene rings is 1. The number of likely N-dealkylation sites (tertiary alicyclic amines) is 1. The molecule has 1 fully saturated rings. The van der Waals surface area contributed by atoms with Gasteiger partial charge in [-0.1, -0.05) is 18.2 Å². The number of hydrogen-bond acceptors (Lipinski definition) is 7. The van der Waals surface area contributed by atoms with Crippen molar-refractivity contribution in [3.8, 4) is 0 Å². The largest absolute Gasteiger partial charge is 0.505 e. The van der Waals surface area contributed by atoms with Crippen LogP contribution in [0.1, 0.15) is 45.3 Å². The Morgan fingerprint density at radius 2 is 1.84 bits per heavy atom. The summed E-state index contributed by atoms with van der Waals surface area (Å²) in [6.07, 6.45) is 7.58. The quantitative estimate of drug-likeness (QED) is 0.174. The highest BCUT2D eigenvalue weighted by Gasteiger charge is 2.46. The summed E-state index contributed by atoms with van der Waals surface area (Å²) < 4.78 is 8.52. The molecular weight excluding hydrogens is 486 g/mol. The second-order valence-corrected chi connectivity index (χ2v) is 9.19. The molecule has 5 rings (SSSR count). The van der Waals surface area contributed by atoms with Crippen molar-refractivity contribution in [1.29, 1.82) is 0 Å². The van der Waals surface area contributed by atoms with Crippen LogP contribution in [0.25, 0.3) is 11.4 Å². The molecule has 3 aromatic heterocycles. The molecule has 0 saturated carbocycles. The Morgan fingerprint density at radius 3 is 2.50 bits per heavy atom. The molecule has 0 spiro atoms. The van der Waals surface area contributed by atoms with Crippen molar-refractivity contribution in [1.82, 2.24) is 23.8 Å². The van der Waals surface area contributed by atoms with E-state index in [1.54, 1.807) is 43.7 Å². The predicted octanol–water partition coefficient (Wildman–Crippen LogP) is 3.45. The zero-order valence-corrected chi connectivity index (χ0v) is 21.3. The lowest BCUT2D eigenvalue weighted by molar-refractivity contribution is -0.139. The average Bonchev–Trinajstić information content (AvgIpc) is 3.63. The van der Waals surface area contributed by atoms with Gasteiger partial charge in [-0.25, -0.2) is 14.8 Å². The van der Waals surface area contributed by atoms with Gasteiger partial charge >= 0.3 is 5.97 Å². The molecule has 1 N–H and O–H groups in total. The highest BCUT2D eigenvalue weighted by molar-refractivity contribution is 6.46. The van der Waals surface area contributed by atoms with E-state index >= 15 is 0 Å². The van der Waals surface area contributed by atoms with Crippen LogP contribution in [-0.4, -0.2) is 60.3 Å². The van der Waals surface area contributed by atoms with Gasteiger partial charge in [0.25, 0.3) is 11.7 Å². The SMILES string of the molecule is COC(=O)c1ccc(C2/C(=C(\O)c3nc4c(C)cccn4c3C)C(=O)C(=O)N2CCCn2ccnc2)cc1. The number of fused-ring (bicyclic) bond motifs is 1. The van der Waals surface area contributed by atoms with Crippen LogP contribution < -0.4 is 0 Å². The number of nitrogens with zero attached hydrogens (tertiary/aromatic N) is 5. The molecule has 38 heavy (non-hydrogen) atoms. The van der Waals surface area contributed by atoms with Crippen LogP contribution in [0.3, 0.4) is 0 Å². The molecule has 4 heterocycles. The number of aliphatic hydroxyl groups excluding tert-OH is 1. The first-order valence-corrected chi connectivity index (χ1v) is 12.2. The number of esters is 1. The van der Waals surface area contributed by atoms with Crippen molar-refractivity contribution in [3.63, 3.8) is 0 Å². The lowest BCUT2D eigenvalue weighted by atomic mass is 9.95. The van der Waals surface area contributed by atoms with Crippen molar-refractivity contribution in [2.75, 3.05) is 13.7 Å². The summed E-state index contributed by atoms with van der Waals surface area (Å²) in [6, 6.07) is 9.42. The first kappa shape index (κ1) is 24.9. The number of aliphatic hydroxyl groups is 1. The molecule has 10 heteroatoms. The van der Waals surface area contributed by atoms with E-state index in [1.165, 1.54) is 12.0 Å². The number of ketones is 1. The third-order valence-electron chi connectivity index (χ3n) is 6.87. The van der Waals surface area contributed by atoms with Crippen LogP contribution in [-0.2, 0) is 20.9 Å². The number of imidazole rings is 2. The summed E-state index contributed by atoms with van der Waals surface area (Å²) in [6.45, 7) is 4.58. The topological polar surface area (TPSA) is 119 Å². The van der Waals surface area contributed by atoms with Gasteiger partial charge in [0.15, 0.2) is 5.76 Å². The molecule has 1 aromatic carbocycles. The number of Topliss-reactive ketones (excluding diaryl/α,β-unsaturated/α-hetero) is 1. The monoisotopic (exact) mass is 513 g/mol. The van der Waals surface area contributed by atoms with E-state index in [0.717, 1.165) is 5.56 Å². The fourth-order valence-corrected chi connectivity index (χ4v) is 4.89. The molecular formula is C28H27N5O5. The van der Waals surface area contributed by atoms with E-state index in [1.807, 2.05) is 40.4 Å². The number of aryl methyl sites for hydroxylation is 3. The van der Waals surface area contributed by atoms with Gasteiger partial charge in [0.2, 0.25) is 0 Å². The van der Waals surface area contributed by atoms with Crippen molar-refractivity contribution >= 4 is 29.1 Å². The predicted molar refractivity (Wildman–Crippen MR) is 138 cm³/mol. The number of carbonyl (C=O) groups is 3. The molecule has 10 nitrogen and oxygen atoms in total. The Kier molecular flexibility index (Phi) is 6.54. The van der Waals surface area contributed by atoms with Gasteiger partial charge in [-0.05, 0) is 49.6 Å². The van der Waals surface area contributed by atoms with E-state index in [0.29, 0.717) is 35.4 Å². The minimum absolute atomic E-state index is 0.0346. The van der Waals surface area contributed by atoms with Crippen molar-refractivity contribution < 1.29 is 24.2 Å². The molecule has 1 unspecified atom stereocenters. The van der Waals surface area contributed by atoms with Crippen molar-refractivity contribution in [2.45, 2.75) is 32.9 Å². The normalized spacial score (nSPS) is 16.9. The maximum atomic E-state index is 13.4. The smallest absolute Gasteiger partial charge is 0.337 e. The molecule has 0 radical (unpaired) electrons. The number of aromatic nitrogens is 4. The van der Waals surface area contributed by atoms with E-state index < -0.39 is 23.7 Å². The van der Waals surface area contributed by atoms with Crippen LogP contribution >= 0.6 is 0 Å². The van der Waals surface area contributed by atoms with E-state index in [2.05, 4.69) is 9.97 Å². The fourth-order valence-electron chi connectivity index (χ4n) is 4.89. The summed E-state index contributed by atoms with van der Waals surface area (Å²) in [5.74, 6) is -2.30. The molecule has 0 aliphatic carbocycles. The molecule has 1 aliphatic rings. The zero-order valence-electron chi connectivity index (χ0n) is 21.3. The standard InChI is InChI=1S/C28H27N5O5/c1-17-6-4-13-32-18(2)22(30-26(17)32)24(34)21-23(19-7-9-20(10-8-19)28(37)38-3)33(27(36)25(21)35)14-5-12-31-15-11-29-16-31/h4,6-11,13,15-16,23,34H,5,12,14H2,1-3H3/b24-21+. The third kappa shape index (κ3) is 4.23. The first-order valence-electron chi connectivity index (χ1n) is 12.2. The Morgan fingerprint density at radius 1 is 1.08 bits per heavy atom. The van der Waals surface area contributed by atoms with Gasteiger partial charge in [-0.2, -0.15) is 0 Å². The molecule has 1 amide bonds. The van der Waals surface area contributed by atoms with E-state index in [9.17, 15) is 19.5 Å². The second kappa shape index (κ2) is 9.97. The number of hydrogen-bond donors (Lipinski definition) is 1. The highest BCUT2D eigenvalue weighted by Crippen LogP contribution is 2.40. The maximum Gasteiger partial charge on any atom is 0.337 e. The molecule has 1 saturated heterocycles. The van der Waals surface area contributed by atoms with Gasteiger partial charge in [-0.15, -0.1) is 0 Å². The summed E-state index contributed by atoms with van der Waals surface area (Å²) in [7, 11) is 1.30.